The average molecular weight is 192 g/mol. The second-order valence-electron chi connectivity index (χ2n) is 0.408. The normalized spacial score (nSPS) is 9.00. The van der Waals surface area contributed by atoms with Gasteiger partial charge in [0.1, 0.15) is 0 Å². The summed E-state index contributed by atoms with van der Waals surface area (Å²) < 4.78 is 34.1. The summed E-state index contributed by atoms with van der Waals surface area (Å²) in [6.07, 6.45) is 0. The molecule has 0 N–H and O–H groups in total. The van der Waals surface area contributed by atoms with Crippen molar-refractivity contribution in [3.8, 4) is 0 Å². The molecule has 47 valence electrons. The van der Waals surface area contributed by atoms with Crippen LogP contribution in [0.2, 0.25) is 0 Å². The maximum atomic E-state index is 8.52. The van der Waals surface area contributed by atoms with Gasteiger partial charge in [0, 0.05) is 10.4 Å². The first-order valence-electron chi connectivity index (χ1n) is 0.790. The van der Waals surface area contributed by atoms with E-state index in [1.807, 2.05) is 0 Å². The summed E-state index contributed by atoms with van der Waals surface area (Å²) in [5.74, 6) is 0. The Balaban J connectivity index is 0. The van der Waals surface area contributed by atoms with Crippen LogP contribution >= 0.6 is 10.6 Å². The van der Waals surface area contributed by atoms with Crippen molar-refractivity contribution in [1.82, 2.24) is 0 Å². The van der Waals surface area contributed by atoms with Gasteiger partial charge in [0.2, 0.25) is 0 Å². The number of rotatable bonds is 0. The second-order valence-corrected chi connectivity index (χ2v) is 1.22. The van der Waals surface area contributed by atoms with Crippen molar-refractivity contribution in [2.24, 2.45) is 0 Å². The molecule has 0 rings (SSSR count). The van der Waals surface area contributed by atoms with E-state index in [-0.39, 0.29) is 0 Å². The summed E-state index contributed by atoms with van der Waals surface area (Å²) in [7, 11) is -1.52. The van der Waals surface area contributed by atoms with Crippen LogP contribution in [0.3, 0.4) is 0 Å². The summed E-state index contributed by atoms with van der Waals surface area (Å²) in [6.45, 7) is 0. The van der Waals surface area contributed by atoms with E-state index in [4.69, 9.17) is 17.5 Å². The Labute approximate surface area is 53.2 Å². The van der Waals surface area contributed by atoms with Crippen molar-refractivity contribution in [3.05, 3.63) is 0 Å². The van der Waals surface area contributed by atoms with Gasteiger partial charge in [-0.15, -0.1) is 0 Å². The molecule has 0 aromatic carbocycles. The van der Waals surface area contributed by atoms with Gasteiger partial charge in [-0.3, -0.25) is 8.42 Å². The van der Waals surface area contributed by atoms with E-state index in [0.29, 0.717) is 0 Å². The third kappa shape index (κ3) is 378. The quantitative estimate of drug-likeness (QED) is 0.288. The molecule has 0 spiro atoms. The molecule has 0 aliphatic rings. The van der Waals surface area contributed by atoms with Gasteiger partial charge in [0.25, 0.3) is 0 Å². The van der Waals surface area contributed by atoms with Gasteiger partial charge in [0.15, 0.2) is 0 Å². The molecule has 0 aromatic rings. The Bertz CT molecular complexity index is 104. The monoisotopic (exact) mass is 191 g/mol. The second kappa shape index (κ2) is 4.76. The van der Waals surface area contributed by atoms with Crippen molar-refractivity contribution in [3.63, 3.8) is 0 Å². The molecule has 0 aliphatic heterocycles. The molecule has 0 saturated carbocycles. The van der Waals surface area contributed by atoms with Gasteiger partial charge in [-0.2, -0.15) is 0 Å². The molecule has 0 amide bonds. The van der Waals surface area contributed by atoms with Crippen molar-refractivity contribution in [2.75, 3.05) is 0 Å². The van der Waals surface area contributed by atoms with Crippen LogP contribution in [0.1, 0.15) is 0 Å². The minimum atomic E-state index is -5.17. The van der Waals surface area contributed by atoms with Gasteiger partial charge in [-0.25, -0.2) is 0 Å². The summed E-state index contributed by atoms with van der Waals surface area (Å²) in [5.41, 5.74) is 0. The Morgan fingerprint density at radius 1 is 1.29 bits per heavy atom. The third-order valence-electron chi connectivity index (χ3n) is 0. The van der Waals surface area contributed by atoms with Gasteiger partial charge in [-0.1, -0.05) is 0 Å². The topological polar surface area (TPSA) is 80.3 Å². The maximum absolute atomic E-state index is 8.52. The van der Waals surface area contributed by atoms with Crippen molar-refractivity contribution >= 4 is 21.0 Å². The summed E-state index contributed by atoms with van der Waals surface area (Å²) in [5, 5.41) is 0. The predicted molar refractivity (Wildman–Crippen MR) is 18.1 cm³/mol. The zero-order valence-corrected chi connectivity index (χ0v) is 5.33. The summed E-state index contributed by atoms with van der Waals surface area (Å²) in [6, 6.07) is 0. The first-order valence-corrected chi connectivity index (χ1v) is 3.52. The summed E-state index contributed by atoms with van der Waals surface area (Å²) >= 11 is 3.77. The molecule has 4 nitrogen and oxygen atoms in total. The Morgan fingerprint density at radius 3 is 1.29 bits per heavy atom. The van der Waals surface area contributed by atoms with E-state index < -0.39 is 10.4 Å². The van der Waals surface area contributed by atoms with Crippen LogP contribution in [-0.2, 0) is 24.8 Å². The standard InChI is InChI=1S/Cu.H2O4S.S/c;1-5(2,3)4;/h;(H2,1,2,3,4);/q+2;;/p-2. The molecular weight excluding hydrogens is 192 g/mol. The number of hydrogen-bond donors (Lipinski definition) is 0. The molecule has 0 bridgehead atoms. The van der Waals surface area contributed by atoms with Crippen LogP contribution in [0, 0.1) is 0 Å². The zero-order valence-electron chi connectivity index (χ0n) is 2.75. The van der Waals surface area contributed by atoms with Crippen LogP contribution in [0.15, 0.2) is 0 Å². The van der Waals surface area contributed by atoms with Crippen LogP contribution in [0.25, 0.3) is 0 Å². The van der Waals surface area contributed by atoms with Crippen molar-refractivity contribution < 1.29 is 31.9 Å². The molecule has 0 saturated heterocycles. The zero-order chi connectivity index (χ0) is 6.50. The first-order chi connectivity index (χ1) is 3.00. The molecule has 0 fully saturated rings. The Kier molecular flexibility index (Phi) is 7.18. The molecule has 0 radical (unpaired) electrons. The van der Waals surface area contributed by atoms with Gasteiger partial charge < -0.3 is 9.11 Å². The fraction of sp³-hybridized carbons (Fsp3) is 0. The fourth-order valence-electron chi connectivity index (χ4n) is 0. The van der Waals surface area contributed by atoms with Crippen LogP contribution in [-0.4, -0.2) is 17.5 Å². The van der Waals surface area contributed by atoms with Crippen LogP contribution in [0.4, 0.5) is 0 Å². The van der Waals surface area contributed by atoms with Gasteiger partial charge in [-0.05, 0) is 0 Å². The van der Waals surface area contributed by atoms with E-state index in [9.17, 15) is 0 Å². The molecule has 0 aromatic heterocycles. The fourth-order valence-corrected chi connectivity index (χ4v) is 0. The third-order valence-corrected chi connectivity index (χ3v) is 0. The van der Waals surface area contributed by atoms with Gasteiger partial charge in [0.05, 0.1) is 0 Å². The molecule has 0 unspecified atom stereocenters. The number of hydrogen-bond acceptors (Lipinski definition) is 5. The van der Waals surface area contributed by atoms with E-state index in [2.05, 4.69) is 24.9 Å². The summed E-state index contributed by atoms with van der Waals surface area (Å²) in [4.78, 5) is 0. The molecule has 0 atom stereocenters. The van der Waals surface area contributed by atoms with Gasteiger partial charge >= 0.3 is 24.9 Å². The Hall–Kier alpha value is 0.609. The molecule has 0 aliphatic carbocycles. The van der Waals surface area contributed by atoms with Crippen LogP contribution < -0.4 is 0 Å². The van der Waals surface area contributed by atoms with E-state index >= 15 is 0 Å². The van der Waals surface area contributed by atoms with E-state index in [1.165, 1.54) is 0 Å². The SMILES string of the molecule is O=S(=O)([O-])[O-].[S]=[Cu+2]. The van der Waals surface area contributed by atoms with Crippen molar-refractivity contribution in [1.29, 1.82) is 0 Å². The average Bonchev–Trinajstić information content (AvgIpc) is 1.36. The Morgan fingerprint density at radius 2 is 1.29 bits per heavy atom. The molecular formula is CuO4S2. The van der Waals surface area contributed by atoms with E-state index in [0.717, 1.165) is 0 Å². The molecule has 7 heavy (non-hydrogen) atoms. The first kappa shape index (κ1) is 10.6. The molecule has 0 heterocycles. The van der Waals surface area contributed by atoms with Crippen LogP contribution in [0.5, 0.6) is 0 Å². The van der Waals surface area contributed by atoms with Crippen molar-refractivity contribution in [2.45, 2.75) is 0 Å². The predicted octanol–water partition coefficient (Wildman–Crippen LogP) is -0.692. The van der Waals surface area contributed by atoms with E-state index in [1.54, 1.807) is 0 Å². The minimum absolute atomic E-state index is 3.65. The molecule has 7 heteroatoms.